The first-order valence-corrected chi connectivity index (χ1v) is 9.94. The number of amides is 2. The van der Waals surface area contributed by atoms with Crippen LogP contribution in [0.4, 0.5) is 10.5 Å². The molecule has 1 atom stereocenters. The summed E-state index contributed by atoms with van der Waals surface area (Å²) in [7, 11) is 0. The van der Waals surface area contributed by atoms with E-state index in [1.807, 2.05) is 37.3 Å². The zero-order chi connectivity index (χ0) is 20.8. The maximum Gasteiger partial charge on any atom is 0.338 e. The first-order valence-electron chi connectivity index (χ1n) is 9.56. The second kappa shape index (κ2) is 9.47. The van der Waals surface area contributed by atoms with Gasteiger partial charge in [-0.05, 0) is 43.7 Å². The highest BCUT2D eigenvalue weighted by Gasteiger charge is 2.34. The van der Waals surface area contributed by atoms with E-state index < -0.39 is 12.0 Å². The Morgan fingerprint density at radius 3 is 2.41 bits per heavy atom. The van der Waals surface area contributed by atoms with Gasteiger partial charge < -0.3 is 20.3 Å². The summed E-state index contributed by atoms with van der Waals surface area (Å²) in [4.78, 5) is 27.3. The van der Waals surface area contributed by atoms with Gasteiger partial charge in [-0.1, -0.05) is 41.9 Å². The van der Waals surface area contributed by atoms with E-state index in [0.29, 0.717) is 29.4 Å². The van der Waals surface area contributed by atoms with Crippen molar-refractivity contribution in [3.8, 4) is 0 Å². The fraction of sp³-hybridized carbons (Fsp3) is 0.273. The van der Waals surface area contributed by atoms with Crippen LogP contribution in [0.25, 0.3) is 0 Å². The van der Waals surface area contributed by atoms with Crippen LogP contribution in [-0.2, 0) is 9.53 Å². The topological polar surface area (TPSA) is 70.7 Å². The van der Waals surface area contributed by atoms with Crippen molar-refractivity contribution in [2.45, 2.75) is 19.9 Å². The van der Waals surface area contributed by atoms with Crippen LogP contribution in [-0.4, -0.2) is 31.7 Å². The van der Waals surface area contributed by atoms with Gasteiger partial charge in [0, 0.05) is 17.3 Å². The van der Waals surface area contributed by atoms with E-state index in [-0.39, 0.29) is 12.6 Å². The predicted octanol–water partition coefficient (Wildman–Crippen LogP) is 4.04. The molecule has 1 heterocycles. The number of urea groups is 1. The van der Waals surface area contributed by atoms with Crippen LogP contribution in [0, 0.1) is 0 Å². The smallest absolute Gasteiger partial charge is 0.338 e. The molecule has 0 saturated carbocycles. The van der Waals surface area contributed by atoms with E-state index in [1.54, 1.807) is 31.2 Å². The molecule has 0 fully saturated rings. The van der Waals surface area contributed by atoms with Crippen molar-refractivity contribution in [2.24, 2.45) is 0 Å². The third kappa shape index (κ3) is 4.90. The highest BCUT2D eigenvalue weighted by Crippen LogP contribution is 2.29. The Labute approximate surface area is 175 Å². The maximum absolute atomic E-state index is 12.9. The minimum atomic E-state index is -0.621. The third-order valence-corrected chi connectivity index (χ3v) is 4.96. The second-order valence-corrected chi connectivity index (χ2v) is 6.98. The number of halogens is 1. The van der Waals surface area contributed by atoms with Crippen molar-refractivity contribution in [3.63, 3.8) is 0 Å². The van der Waals surface area contributed by atoms with Gasteiger partial charge in [-0.2, -0.15) is 0 Å². The molecular weight excluding hydrogens is 390 g/mol. The van der Waals surface area contributed by atoms with Crippen molar-refractivity contribution >= 4 is 29.3 Å². The number of nitrogens with zero attached hydrogens (tertiary/aromatic N) is 1. The minimum Gasteiger partial charge on any atom is -0.463 e. The van der Waals surface area contributed by atoms with Gasteiger partial charge in [0.05, 0.1) is 30.5 Å². The Hall–Kier alpha value is -2.99. The molecule has 2 amide bonds. The minimum absolute atomic E-state index is 0.243. The molecule has 0 aromatic heterocycles. The number of ether oxygens (including phenoxy) is 1. The molecule has 6 nitrogen and oxygen atoms in total. The van der Waals surface area contributed by atoms with Crippen LogP contribution < -0.4 is 15.5 Å². The molecule has 1 aliphatic heterocycles. The number of para-hydroxylation sites is 1. The van der Waals surface area contributed by atoms with Crippen LogP contribution in [0.5, 0.6) is 0 Å². The predicted molar refractivity (Wildman–Crippen MR) is 114 cm³/mol. The van der Waals surface area contributed by atoms with Gasteiger partial charge in [-0.15, -0.1) is 0 Å². The molecule has 2 N–H and O–H groups in total. The molecule has 0 unspecified atom stereocenters. The summed E-state index contributed by atoms with van der Waals surface area (Å²) in [6.07, 6.45) is 0. The number of hydrogen-bond donors (Lipinski definition) is 2. The first kappa shape index (κ1) is 20.7. The summed E-state index contributed by atoms with van der Waals surface area (Å²) in [6, 6.07) is 15.9. The van der Waals surface area contributed by atoms with Crippen LogP contribution >= 0.6 is 11.6 Å². The molecular formula is C22H24ClN3O3. The monoisotopic (exact) mass is 413 g/mol. The van der Waals surface area contributed by atoms with Gasteiger partial charge in [0.15, 0.2) is 0 Å². The van der Waals surface area contributed by atoms with Crippen molar-refractivity contribution < 1.29 is 14.3 Å². The van der Waals surface area contributed by atoms with Crippen molar-refractivity contribution in [1.82, 2.24) is 10.6 Å². The van der Waals surface area contributed by atoms with Gasteiger partial charge in [-0.25, -0.2) is 9.59 Å². The molecule has 0 saturated heterocycles. The molecule has 0 spiro atoms. The molecule has 2 aromatic carbocycles. The molecule has 0 aliphatic carbocycles. The normalized spacial score (nSPS) is 16.1. The number of likely N-dealkylation sites (N-methyl/N-ethyl adjacent to an activating group) is 1. The Kier molecular flexibility index (Phi) is 6.77. The lowest BCUT2D eigenvalue weighted by molar-refractivity contribution is -0.139. The lowest BCUT2D eigenvalue weighted by atomic mass is 9.95. The Morgan fingerprint density at radius 2 is 1.79 bits per heavy atom. The summed E-state index contributed by atoms with van der Waals surface area (Å²) in [5.74, 6) is -0.459. The highest BCUT2D eigenvalue weighted by molar-refractivity contribution is 6.30. The van der Waals surface area contributed by atoms with Crippen molar-refractivity contribution in [1.29, 1.82) is 0 Å². The van der Waals surface area contributed by atoms with Crippen molar-refractivity contribution in [2.75, 3.05) is 24.6 Å². The number of carbonyl (C=O) groups is 2. The number of nitrogens with one attached hydrogen (secondary N) is 2. The largest absolute Gasteiger partial charge is 0.463 e. The van der Waals surface area contributed by atoms with Crippen LogP contribution in [0.2, 0.25) is 5.02 Å². The highest BCUT2D eigenvalue weighted by atomic mass is 35.5. The molecule has 2 aromatic rings. The number of hydrogen-bond acceptors (Lipinski definition) is 4. The Morgan fingerprint density at radius 1 is 1.10 bits per heavy atom. The average molecular weight is 414 g/mol. The summed E-state index contributed by atoms with van der Waals surface area (Å²) >= 11 is 6.00. The van der Waals surface area contributed by atoms with Crippen LogP contribution in [0.1, 0.15) is 25.5 Å². The number of rotatable bonds is 7. The molecule has 1 aliphatic rings. The molecule has 0 radical (unpaired) electrons. The van der Waals surface area contributed by atoms with Gasteiger partial charge in [0.25, 0.3) is 0 Å². The van der Waals surface area contributed by atoms with Gasteiger partial charge in [0.1, 0.15) is 0 Å². The summed E-state index contributed by atoms with van der Waals surface area (Å²) in [5, 5.41) is 6.23. The Balaban J connectivity index is 2.04. The summed E-state index contributed by atoms with van der Waals surface area (Å²) in [6.45, 7) is 5.10. The second-order valence-electron chi connectivity index (χ2n) is 6.55. The molecule has 29 heavy (non-hydrogen) atoms. The SMILES string of the molecule is CCOC(=O)C1=C(CN(CC)c2ccccc2)NC(=O)N[C@@H]1c1ccc(Cl)cc1. The van der Waals surface area contributed by atoms with Crippen LogP contribution in [0.15, 0.2) is 65.9 Å². The molecule has 7 heteroatoms. The quantitative estimate of drug-likeness (QED) is 0.672. The summed E-state index contributed by atoms with van der Waals surface area (Å²) < 4.78 is 5.31. The fourth-order valence-corrected chi connectivity index (χ4v) is 3.44. The van der Waals surface area contributed by atoms with Gasteiger partial charge in [-0.3, -0.25) is 0 Å². The third-order valence-electron chi connectivity index (χ3n) is 4.70. The van der Waals surface area contributed by atoms with E-state index in [4.69, 9.17) is 16.3 Å². The van der Waals surface area contributed by atoms with E-state index >= 15 is 0 Å². The molecule has 152 valence electrons. The standard InChI is InChI=1S/C22H24ClN3O3/c1-3-26(17-8-6-5-7-9-17)14-18-19(21(27)29-4-2)20(25-22(28)24-18)15-10-12-16(23)13-11-15/h5-13,20H,3-4,14H2,1-2H3,(H2,24,25,28)/t20-/m1/s1. The lowest BCUT2D eigenvalue weighted by Crippen LogP contribution is -2.48. The number of anilines is 1. The lowest BCUT2D eigenvalue weighted by Gasteiger charge is -2.32. The van der Waals surface area contributed by atoms with E-state index in [0.717, 1.165) is 11.3 Å². The molecule has 3 rings (SSSR count). The molecule has 0 bridgehead atoms. The summed E-state index contributed by atoms with van der Waals surface area (Å²) in [5.41, 5.74) is 2.68. The first-order chi connectivity index (χ1) is 14.0. The number of esters is 1. The van der Waals surface area contributed by atoms with Crippen LogP contribution in [0.3, 0.4) is 0 Å². The van der Waals surface area contributed by atoms with E-state index in [9.17, 15) is 9.59 Å². The number of benzene rings is 2. The Bertz CT molecular complexity index is 897. The van der Waals surface area contributed by atoms with E-state index in [1.165, 1.54) is 0 Å². The average Bonchev–Trinajstić information content (AvgIpc) is 2.73. The van der Waals surface area contributed by atoms with Gasteiger partial charge >= 0.3 is 12.0 Å². The number of carbonyl (C=O) groups excluding carboxylic acids is 2. The van der Waals surface area contributed by atoms with E-state index in [2.05, 4.69) is 15.5 Å². The maximum atomic E-state index is 12.9. The zero-order valence-electron chi connectivity index (χ0n) is 16.4. The fourth-order valence-electron chi connectivity index (χ4n) is 3.31. The zero-order valence-corrected chi connectivity index (χ0v) is 17.2. The van der Waals surface area contributed by atoms with Crippen molar-refractivity contribution in [3.05, 3.63) is 76.5 Å². The van der Waals surface area contributed by atoms with Gasteiger partial charge in [0.2, 0.25) is 0 Å².